The molecule has 3 fully saturated rings. The van der Waals surface area contributed by atoms with Crippen LogP contribution in [0.2, 0.25) is 10.0 Å². The number of halogens is 2. The molecule has 2 amide bonds. The van der Waals surface area contributed by atoms with Crippen molar-refractivity contribution < 1.29 is 14.4 Å². The lowest BCUT2D eigenvalue weighted by molar-refractivity contribution is -0.127. The number of nitriles is 1. The van der Waals surface area contributed by atoms with E-state index in [2.05, 4.69) is 16.4 Å². The van der Waals surface area contributed by atoms with E-state index >= 15 is 0 Å². The number of carbonyl (C=O) groups is 3. The molecule has 1 saturated heterocycles. The largest absolute Gasteiger partial charge is 0.350 e. The van der Waals surface area contributed by atoms with E-state index in [1.807, 2.05) is 0 Å². The Morgan fingerprint density at radius 2 is 2.03 bits per heavy atom. The number of H-pyrrole nitrogens is 1. The summed E-state index contributed by atoms with van der Waals surface area (Å²) in [5, 5.41) is 14.1. The van der Waals surface area contributed by atoms with Crippen LogP contribution >= 0.6 is 23.2 Å². The van der Waals surface area contributed by atoms with Crippen molar-refractivity contribution in [3.8, 4) is 6.07 Å². The number of fused-ring (bicyclic) bond motifs is 2. The first-order valence-electron chi connectivity index (χ1n) is 11.9. The van der Waals surface area contributed by atoms with Gasteiger partial charge in [-0.15, -0.1) is 0 Å². The van der Waals surface area contributed by atoms with Gasteiger partial charge in [-0.2, -0.15) is 5.26 Å². The zero-order valence-corrected chi connectivity index (χ0v) is 20.2. The summed E-state index contributed by atoms with van der Waals surface area (Å²) in [5.74, 6) is -0.249. The van der Waals surface area contributed by atoms with Gasteiger partial charge in [0.25, 0.3) is 5.91 Å². The molecule has 7 nitrogen and oxygen atoms in total. The second kappa shape index (κ2) is 9.24. The molecule has 2 aromatic rings. The van der Waals surface area contributed by atoms with E-state index in [0.29, 0.717) is 46.0 Å². The van der Waals surface area contributed by atoms with E-state index in [1.165, 1.54) is 0 Å². The topological polar surface area (TPSA) is 106 Å². The van der Waals surface area contributed by atoms with Gasteiger partial charge in [-0.05, 0) is 62.1 Å². The highest BCUT2D eigenvalue weighted by atomic mass is 35.5. The summed E-state index contributed by atoms with van der Waals surface area (Å²) in [6, 6.07) is 5.80. The first-order valence-corrected chi connectivity index (χ1v) is 12.6. The van der Waals surface area contributed by atoms with Gasteiger partial charge in [0.1, 0.15) is 23.6 Å². The molecule has 2 aliphatic carbocycles. The van der Waals surface area contributed by atoms with Crippen LogP contribution in [0.25, 0.3) is 10.9 Å². The summed E-state index contributed by atoms with van der Waals surface area (Å²) in [6.45, 7) is 0.504. The molecule has 1 aliphatic heterocycles. The fraction of sp³-hybridized carbons (Fsp3) is 0.520. The number of hydrogen-bond acceptors (Lipinski definition) is 4. The molecule has 0 radical (unpaired) electrons. The third-order valence-electron chi connectivity index (χ3n) is 7.73. The Kier molecular flexibility index (Phi) is 6.30. The van der Waals surface area contributed by atoms with Gasteiger partial charge in [0.05, 0.1) is 11.1 Å². The maximum absolute atomic E-state index is 13.6. The van der Waals surface area contributed by atoms with Crippen LogP contribution in [-0.2, 0) is 9.59 Å². The maximum Gasteiger partial charge on any atom is 0.271 e. The van der Waals surface area contributed by atoms with Crippen LogP contribution in [0, 0.1) is 29.1 Å². The highest BCUT2D eigenvalue weighted by Gasteiger charge is 2.50. The molecule has 2 N–H and O–H groups in total. The van der Waals surface area contributed by atoms with Crippen LogP contribution in [0.5, 0.6) is 0 Å². The molecule has 0 bridgehead atoms. The Morgan fingerprint density at radius 1 is 1.21 bits per heavy atom. The summed E-state index contributed by atoms with van der Waals surface area (Å²) in [7, 11) is 0. The molecule has 0 spiro atoms. The number of nitrogens with one attached hydrogen (secondary N) is 2. The van der Waals surface area contributed by atoms with Crippen LogP contribution in [0.3, 0.4) is 0 Å². The van der Waals surface area contributed by atoms with Crippen molar-refractivity contribution in [2.45, 2.75) is 57.0 Å². The molecule has 1 aromatic heterocycles. The van der Waals surface area contributed by atoms with Crippen LogP contribution in [-0.4, -0.2) is 46.1 Å². The van der Waals surface area contributed by atoms with Gasteiger partial charge in [0.2, 0.25) is 5.91 Å². The summed E-state index contributed by atoms with van der Waals surface area (Å²) in [5.41, 5.74) is 1.01. The molecule has 9 heteroatoms. The van der Waals surface area contributed by atoms with Crippen molar-refractivity contribution >= 4 is 51.7 Å². The minimum absolute atomic E-state index is 0.0683. The minimum Gasteiger partial charge on any atom is -0.350 e. The number of nitrogens with zero attached hydrogens (tertiary/aromatic N) is 2. The van der Waals surface area contributed by atoms with E-state index in [9.17, 15) is 19.6 Å². The van der Waals surface area contributed by atoms with Crippen molar-refractivity contribution in [2.24, 2.45) is 17.8 Å². The Bertz CT molecular complexity index is 1200. The Morgan fingerprint density at radius 3 is 2.76 bits per heavy atom. The quantitative estimate of drug-likeness (QED) is 0.630. The average molecular weight is 501 g/mol. The summed E-state index contributed by atoms with van der Waals surface area (Å²) in [4.78, 5) is 43.8. The van der Waals surface area contributed by atoms with E-state index in [0.717, 1.165) is 32.1 Å². The second-order valence-corrected chi connectivity index (χ2v) is 10.6. The molecule has 3 aliphatic rings. The van der Waals surface area contributed by atoms with Gasteiger partial charge in [-0.1, -0.05) is 29.6 Å². The van der Waals surface area contributed by atoms with Crippen LogP contribution < -0.4 is 5.32 Å². The average Bonchev–Trinajstić information content (AvgIpc) is 3.56. The highest BCUT2D eigenvalue weighted by molar-refractivity contribution is 6.38. The Labute approximate surface area is 207 Å². The number of aromatic amines is 1. The summed E-state index contributed by atoms with van der Waals surface area (Å²) >= 11 is 12.4. The second-order valence-electron chi connectivity index (χ2n) is 9.77. The molecule has 2 heterocycles. The fourth-order valence-corrected chi connectivity index (χ4v) is 6.65. The zero-order chi connectivity index (χ0) is 24.0. The SMILES string of the molecule is N#C[C@H](C[C@@H]1CCCC1=O)NC(=O)[C@@H]1[C@H]2CCC[C@H]2CN1C(=O)c1cc2c(Cl)cc(Cl)cc2[nH]1. The normalized spacial score (nSPS) is 27.1. The molecular weight excluding hydrogens is 475 g/mol. The van der Waals surface area contributed by atoms with Gasteiger partial charge in [0, 0.05) is 34.8 Å². The molecule has 5 rings (SSSR count). The number of hydrogen-bond donors (Lipinski definition) is 2. The Hall–Kier alpha value is -2.56. The zero-order valence-electron chi connectivity index (χ0n) is 18.7. The fourth-order valence-electron chi connectivity index (χ4n) is 6.10. The predicted molar refractivity (Wildman–Crippen MR) is 128 cm³/mol. The minimum atomic E-state index is -0.744. The molecule has 1 aromatic carbocycles. The third kappa shape index (κ3) is 4.18. The Balaban J connectivity index is 1.38. The first-order chi connectivity index (χ1) is 16.4. The van der Waals surface area contributed by atoms with Crippen LogP contribution in [0.1, 0.15) is 55.4 Å². The first kappa shape index (κ1) is 23.2. The van der Waals surface area contributed by atoms with Gasteiger partial charge < -0.3 is 15.2 Å². The van der Waals surface area contributed by atoms with Crippen molar-refractivity contribution in [1.29, 1.82) is 5.26 Å². The number of amides is 2. The van der Waals surface area contributed by atoms with Gasteiger partial charge in [-0.25, -0.2) is 0 Å². The number of benzene rings is 1. The number of carbonyl (C=O) groups excluding carboxylic acids is 3. The number of ketones is 1. The standard InChI is InChI=1S/C25H26Cl2N4O3/c26-15-8-19(27)18-10-21(30-20(18)9-15)25(34)31-12-14-4-1-5-17(14)23(31)24(33)29-16(11-28)7-13-3-2-6-22(13)32/h8-10,13-14,16-17,23,30H,1-7,12H2,(H,29,33)/t13-,14-,16-,17-,23-/m0/s1. The van der Waals surface area contributed by atoms with E-state index in [4.69, 9.17) is 23.2 Å². The smallest absolute Gasteiger partial charge is 0.271 e. The van der Waals surface area contributed by atoms with E-state index in [1.54, 1.807) is 23.1 Å². The van der Waals surface area contributed by atoms with Crippen molar-refractivity contribution in [2.75, 3.05) is 6.54 Å². The maximum atomic E-state index is 13.6. The molecule has 5 atom stereocenters. The van der Waals surface area contributed by atoms with Crippen LogP contribution in [0.15, 0.2) is 18.2 Å². The molecule has 34 heavy (non-hydrogen) atoms. The number of aromatic nitrogens is 1. The van der Waals surface area contributed by atoms with E-state index in [-0.39, 0.29) is 35.4 Å². The molecule has 2 saturated carbocycles. The number of Topliss-reactive ketones (excluding diaryl/α,β-unsaturated/α-hetero) is 1. The van der Waals surface area contributed by atoms with Gasteiger partial charge >= 0.3 is 0 Å². The number of likely N-dealkylation sites (tertiary alicyclic amines) is 1. The van der Waals surface area contributed by atoms with E-state index < -0.39 is 12.1 Å². The molecule has 0 unspecified atom stereocenters. The highest BCUT2D eigenvalue weighted by Crippen LogP contribution is 2.43. The lowest BCUT2D eigenvalue weighted by atomic mass is 9.92. The van der Waals surface area contributed by atoms with Crippen molar-refractivity contribution in [1.82, 2.24) is 15.2 Å². The van der Waals surface area contributed by atoms with Crippen LogP contribution in [0.4, 0.5) is 0 Å². The summed E-state index contributed by atoms with van der Waals surface area (Å²) in [6.07, 6.45) is 5.36. The number of rotatable bonds is 5. The lowest BCUT2D eigenvalue weighted by Crippen LogP contribution is -2.51. The van der Waals surface area contributed by atoms with Gasteiger partial charge in [-0.3, -0.25) is 14.4 Å². The predicted octanol–water partition coefficient (Wildman–Crippen LogP) is 4.48. The third-order valence-corrected chi connectivity index (χ3v) is 8.26. The van der Waals surface area contributed by atoms with Gasteiger partial charge in [0.15, 0.2) is 0 Å². The van der Waals surface area contributed by atoms with Crippen molar-refractivity contribution in [3.05, 3.63) is 33.9 Å². The monoisotopic (exact) mass is 500 g/mol. The lowest BCUT2D eigenvalue weighted by Gasteiger charge is -2.28. The summed E-state index contributed by atoms with van der Waals surface area (Å²) < 4.78 is 0. The molecular formula is C25H26Cl2N4O3. The molecule has 178 valence electrons. The van der Waals surface area contributed by atoms with Crippen molar-refractivity contribution in [3.63, 3.8) is 0 Å².